The van der Waals surface area contributed by atoms with Crippen molar-refractivity contribution in [2.24, 2.45) is 5.92 Å². The van der Waals surface area contributed by atoms with Crippen LogP contribution in [0.5, 0.6) is 5.75 Å². The van der Waals surface area contributed by atoms with Gasteiger partial charge in [0.15, 0.2) is 6.10 Å². The molecule has 0 bridgehead atoms. The Bertz CT molecular complexity index is 1380. The van der Waals surface area contributed by atoms with Gasteiger partial charge in [-0.15, -0.1) is 0 Å². The van der Waals surface area contributed by atoms with E-state index in [1.54, 1.807) is 29.3 Å². The first-order chi connectivity index (χ1) is 16.1. The highest BCUT2D eigenvalue weighted by molar-refractivity contribution is 6.26. The summed E-state index contributed by atoms with van der Waals surface area (Å²) in [4.78, 5) is 34.8. The number of hydrogen-bond acceptors (Lipinski definition) is 5. The van der Waals surface area contributed by atoms with Gasteiger partial charge in [0.2, 0.25) is 5.91 Å². The summed E-state index contributed by atoms with van der Waals surface area (Å²) in [5, 5.41) is 13.5. The first-order valence-corrected chi connectivity index (χ1v) is 10.8. The van der Waals surface area contributed by atoms with Gasteiger partial charge in [-0.25, -0.2) is 9.96 Å². The van der Waals surface area contributed by atoms with Crippen LogP contribution in [0.4, 0.5) is 11.4 Å². The van der Waals surface area contributed by atoms with Crippen molar-refractivity contribution in [3.63, 3.8) is 0 Å². The molecular weight excluding hydrogens is 416 g/mol. The molecule has 2 amide bonds. The lowest BCUT2D eigenvalue weighted by Gasteiger charge is -2.29. The fourth-order valence-electron chi connectivity index (χ4n) is 4.90. The molecule has 0 aliphatic carbocycles. The highest BCUT2D eigenvalue weighted by Crippen LogP contribution is 2.48. The number of anilines is 2. The minimum Gasteiger partial charge on any atom is -0.508 e. The monoisotopic (exact) mass is 436 g/mol. The summed E-state index contributed by atoms with van der Waals surface area (Å²) >= 11 is 0. The molecular formula is C27H20N2O4. The molecule has 1 N–H and O–H groups in total. The Balaban J connectivity index is 1.47. The maximum Gasteiger partial charge on any atom is 0.266 e. The number of rotatable bonds is 3. The third-order valence-electron chi connectivity index (χ3n) is 6.35. The molecule has 0 radical (unpaired) electrons. The zero-order valence-corrected chi connectivity index (χ0v) is 17.5. The summed E-state index contributed by atoms with van der Waals surface area (Å²) in [7, 11) is 0. The fourth-order valence-corrected chi connectivity index (χ4v) is 4.90. The number of fused-ring (bicyclic) bond motifs is 2. The van der Waals surface area contributed by atoms with Crippen LogP contribution in [0, 0.1) is 5.92 Å². The number of phenols is 1. The van der Waals surface area contributed by atoms with Crippen molar-refractivity contribution in [2.45, 2.75) is 12.1 Å². The molecule has 4 aromatic carbocycles. The van der Waals surface area contributed by atoms with Crippen LogP contribution in [-0.2, 0) is 14.4 Å². The lowest BCUT2D eigenvalue weighted by Crippen LogP contribution is -2.37. The molecule has 2 fully saturated rings. The molecule has 4 aromatic rings. The number of hydrogen-bond donors (Lipinski definition) is 1. The number of aromatic hydroxyl groups is 1. The van der Waals surface area contributed by atoms with Crippen molar-refractivity contribution in [3.05, 3.63) is 103 Å². The number of phenolic OH excluding ortho intramolecular Hbond substituents is 1. The Morgan fingerprint density at radius 3 is 2.30 bits per heavy atom. The molecule has 2 aliphatic rings. The van der Waals surface area contributed by atoms with Crippen molar-refractivity contribution < 1.29 is 19.5 Å². The molecule has 2 aliphatic heterocycles. The highest BCUT2D eigenvalue weighted by Gasteiger charge is 2.60. The summed E-state index contributed by atoms with van der Waals surface area (Å²) in [5.41, 5.74) is 1.99. The van der Waals surface area contributed by atoms with Gasteiger partial charge in [0.25, 0.3) is 5.91 Å². The Labute approximate surface area is 190 Å². The van der Waals surface area contributed by atoms with Crippen molar-refractivity contribution in [2.75, 3.05) is 9.96 Å². The SMILES string of the molecule is O=C1[C@@H]2[C@@H](ON(c3ccccc3)[C@H]2c2cccc(O)c2)C(=O)N1c1cccc2ccccc12. The molecule has 0 aromatic heterocycles. The van der Waals surface area contributed by atoms with Gasteiger partial charge in [-0.1, -0.05) is 66.7 Å². The topological polar surface area (TPSA) is 70.1 Å². The maximum atomic E-state index is 13.8. The molecule has 0 saturated carbocycles. The van der Waals surface area contributed by atoms with Gasteiger partial charge in [-0.3, -0.25) is 14.4 Å². The third kappa shape index (κ3) is 2.99. The average molecular weight is 436 g/mol. The Morgan fingerprint density at radius 1 is 0.758 bits per heavy atom. The molecule has 0 spiro atoms. The van der Waals surface area contributed by atoms with Crippen molar-refractivity contribution in [1.29, 1.82) is 0 Å². The van der Waals surface area contributed by atoms with E-state index in [4.69, 9.17) is 4.84 Å². The zero-order chi connectivity index (χ0) is 22.5. The van der Waals surface area contributed by atoms with Gasteiger partial charge in [0.05, 0.1) is 17.4 Å². The summed E-state index contributed by atoms with van der Waals surface area (Å²) in [6.07, 6.45) is -0.955. The minimum atomic E-state index is -0.955. The van der Waals surface area contributed by atoms with Crippen LogP contribution in [0.2, 0.25) is 0 Å². The number of carbonyl (C=O) groups is 2. The summed E-state index contributed by atoms with van der Waals surface area (Å²) < 4.78 is 0. The number of para-hydroxylation sites is 1. The van der Waals surface area contributed by atoms with Crippen molar-refractivity contribution in [1.82, 2.24) is 0 Å². The Hall–Kier alpha value is -4.16. The van der Waals surface area contributed by atoms with E-state index >= 15 is 0 Å². The van der Waals surface area contributed by atoms with Crippen LogP contribution in [0.3, 0.4) is 0 Å². The van der Waals surface area contributed by atoms with E-state index in [1.165, 1.54) is 4.90 Å². The molecule has 2 heterocycles. The second-order valence-electron chi connectivity index (χ2n) is 8.26. The predicted molar refractivity (Wildman–Crippen MR) is 125 cm³/mol. The standard InChI is InChI=1S/C27H20N2O4/c30-20-13-6-10-18(16-20)24-23-25(33-29(24)19-11-2-1-3-12-19)27(32)28(26(23)31)22-15-7-9-17-8-4-5-14-21(17)22/h1-16,23-25,30H/t23-,24-,25+/m0/s1. The number of carbonyl (C=O) groups excluding carboxylic acids is 2. The molecule has 6 rings (SSSR count). The van der Waals surface area contributed by atoms with Gasteiger partial charge in [0, 0.05) is 5.39 Å². The van der Waals surface area contributed by atoms with Crippen LogP contribution in [-0.4, -0.2) is 23.0 Å². The number of hydroxylamine groups is 1. The highest BCUT2D eigenvalue weighted by atomic mass is 16.7. The average Bonchev–Trinajstić information content (AvgIpc) is 3.35. The normalized spacial score (nSPS) is 22.2. The quantitative estimate of drug-likeness (QED) is 0.476. The van der Waals surface area contributed by atoms with Gasteiger partial charge in [0.1, 0.15) is 11.7 Å². The van der Waals surface area contributed by atoms with Crippen LogP contribution >= 0.6 is 0 Å². The van der Waals surface area contributed by atoms with E-state index < -0.39 is 18.1 Å². The Kier molecular flexibility index (Phi) is 4.41. The lowest BCUT2D eigenvalue weighted by atomic mass is 9.90. The fraction of sp³-hybridized carbons (Fsp3) is 0.111. The van der Waals surface area contributed by atoms with Gasteiger partial charge in [-0.05, 0) is 41.3 Å². The van der Waals surface area contributed by atoms with Crippen LogP contribution in [0.1, 0.15) is 11.6 Å². The number of imide groups is 1. The molecule has 6 heteroatoms. The molecule has 2 saturated heterocycles. The van der Waals surface area contributed by atoms with E-state index in [2.05, 4.69) is 0 Å². The maximum absolute atomic E-state index is 13.8. The second kappa shape index (κ2) is 7.46. The molecule has 0 unspecified atom stereocenters. The van der Waals surface area contributed by atoms with Gasteiger partial charge >= 0.3 is 0 Å². The van der Waals surface area contributed by atoms with Gasteiger partial charge in [-0.2, -0.15) is 0 Å². The number of nitrogens with zero attached hydrogens (tertiary/aromatic N) is 2. The summed E-state index contributed by atoms with van der Waals surface area (Å²) in [5.74, 6) is -1.36. The summed E-state index contributed by atoms with van der Waals surface area (Å²) in [6.45, 7) is 0. The largest absolute Gasteiger partial charge is 0.508 e. The number of benzene rings is 4. The molecule has 3 atom stereocenters. The first kappa shape index (κ1) is 19.5. The van der Waals surface area contributed by atoms with Crippen LogP contribution in [0.15, 0.2) is 97.1 Å². The van der Waals surface area contributed by atoms with Crippen molar-refractivity contribution >= 4 is 34.0 Å². The lowest BCUT2D eigenvalue weighted by molar-refractivity contribution is -0.126. The van der Waals surface area contributed by atoms with E-state index in [-0.39, 0.29) is 17.6 Å². The van der Waals surface area contributed by atoms with E-state index in [0.717, 1.165) is 16.5 Å². The predicted octanol–water partition coefficient (Wildman–Crippen LogP) is 4.60. The smallest absolute Gasteiger partial charge is 0.266 e. The molecule has 33 heavy (non-hydrogen) atoms. The number of amides is 2. The van der Waals surface area contributed by atoms with E-state index in [0.29, 0.717) is 11.3 Å². The Morgan fingerprint density at radius 2 is 1.48 bits per heavy atom. The van der Waals surface area contributed by atoms with E-state index in [1.807, 2.05) is 72.8 Å². The first-order valence-electron chi connectivity index (χ1n) is 10.8. The van der Waals surface area contributed by atoms with Crippen LogP contribution in [0.25, 0.3) is 10.8 Å². The van der Waals surface area contributed by atoms with E-state index in [9.17, 15) is 14.7 Å². The third-order valence-corrected chi connectivity index (χ3v) is 6.35. The second-order valence-corrected chi connectivity index (χ2v) is 8.26. The van der Waals surface area contributed by atoms with Crippen molar-refractivity contribution in [3.8, 4) is 5.75 Å². The molecule has 6 nitrogen and oxygen atoms in total. The summed E-state index contributed by atoms with van der Waals surface area (Å²) in [6, 6.07) is 28.8. The zero-order valence-electron chi connectivity index (χ0n) is 17.5. The van der Waals surface area contributed by atoms with Crippen LogP contribution < -0.4 is 9.96 Å². The molecule has 162 valence electrons. The van der Waals surface area contributed by atoms with Gasteiger partial charge < -0.3 is 5.11 Å². The minimum absolute atomic E-state index is 0.0895.